The molecule has 1 unspecified atom stereocenters. The molecule has 0 aliphatic carbocycles. The van der Waals surface area contributed by atoms with Crippen molar-refractivity contribution >= 4 is 0 Å². The molecule has 2 N–H and O–H groups in total. The molecule has 1 aromatic rings. The summed E-state index contributed by atoms with van der Waals surface area (Å²) in [6.07, 6.45) is 6.27. The second-order valence-corrected chi connectivity index (χ2v) is 3.90. The predicted octanol–water partition coefficient (Wildman–Crippen LogP) is 1.77. The average molecular weight is 195 g/mol. The van der Waals surface area contributed by atoms with Crippen LogP contribution in [-0.4, -0.2) is 16.5 Å². The molecule has 0 aromatic carbocycles. The van der Waals surface area contributed by atoms with E-state index in [0.717, 1.165) is 24.4 Å². The van der Waals surface area contributed by atoms with Gasteiger partial charge in [0.25, 0.3) is 0 Å². The fourth-order valence-electron chi connectivity index (χ4n) is 2.06. The average Bonchev–Trinajstić information content (AvgIpc) is 2.46. The number of hydrazine groups is 1. The van der Waals surface area contributed by atoms with Gasteiger partial charge >= 0.3 is 0 Å². The van der Waals surface area contributed by atoms with Gasteiger partial charge in [-0.05, 0) is 19.8 Å². The summed E-state index contributed by atoms with van der Waals surface area (Å²) in [5.74, 6) is 6.89. The molecule has 4 nitrogen and oxygen atoms in total. The Balaban J connectivity index is 2.19. The van der Waals surface area contributed by atoms with Crippen LogP contribution in [0.5, 0.6) is 0 Å². The zero-order chi connectivity index (χ0) is 9.97. The summed E-state index contributed by atoms with van der Waals surface area (Å²) in [4.78, 5) is 4.24. The highest BCUT2D eigenvalue weighted by Crippen LogP contribution is 2.28. The molecule has 1 aromatic heterocycles. The number of nitrogens with zero attached hydrogens (tertiary/aromatic N) is 2. The Morgan fingerprint density at radius 1 is 1.50 bits per heavy atom. The Morgan fingerprint density at radius 2 is 2.36 bits per heavy atom. The lowest BCUT2D eigenvalue weighted by atomic mass is 10.1. The van der Waals surface area contributed by atoms with E-state index in [1.54, 1.807) is 0 Å². The topological polar surface area (TPSA) is 55.3 Å². The number of aryl methyl sites for hydroxylation is 1. The Labute approximate surface area is 84.1 Å². The van der Waals surface area contributed by atoms with Gasteiger partial charge in [-0.3, -0.25) is 5.84 Å². The molecular weight excluding hydrogens is 178 g/mol. The third kappa shape index (κ3) is 1.81. The summed E-state index contributed by atoms with van der Waals surface area (Å²) in [5, 5.41) is 1.90. The Bertz CT molecular complexity index is 297. The number of hydrogen-bond acceptors (Lipinski definition) is 4. The molecule has 1 aliphatic rings. The van der Waals surface area contributed by atoms with Crippen molar-refractivity contribution in [2.45, 2.75) is 38.6 Å². The molecule has 0 spiro atoms. The first kappa shape index (κ1) is 9.68. The summed E-state index contributed by atoms with van der Waals surface area (Å²) in [6.45, 7) is 2.90. The predicted molar refractivity (Wildman–Crippen MR) is 53.3 cm³/mol. The highest BCUT2D eigenvalue weighted by Gasteiger charge is 2.23. The highest BCUT2D eigenvalue weighted by atomic mass is 16.3. The standard InChI is InChI=1S/C10H17N3O/c1-8-10(12-7-14-8)9-5-3-2-4-6-13(9)11/h7,9H,2-6,11H2,1H3. The van der Waals surface area contributed by atoms with Crippen molar-refractivity contribution in [2.75, 3.05) is 6.54 Å². The molecule has 0 saturated carbocycles. The minimum atomic E-state index is 0.247. The van der Waals surface area contributed by atoms with E-state index in [1.165, 1.54) is 25.7 Å². The van der Waals surface area contributed by atoms with Crippen molar-refractivity contribution < 1.29 is 4.42 Å². The number of rotatable bonds is 1. The molecule has 1 saturated heterocycles. The van der Waals surface area contributed by atoms with Gasteiger partial charge in [0.05, 0.1) is 6.04 Å². The van der Waals surface area contributed by atoms with E-state index < -0.39 is 0 Å². The normalized spacial score (nSPS) is 24.9. The molecule has 2 rings (SSSR count). The van der Waals surface area contributed by atoms with Crippen LogP contribution in [0.4, 0.5) is 0 Å². The van der Waals surface area contributed by atoms with Gasteiger partial charge in [-0.15, -0.1) is 0 Å². The Kier molecular flexibility index (Phi) is 2.84. The van der Waals surface area contributed by atoms with Crippen molar-refractivity contribution in [3.63, 3.8) is 0 Å². The van der Waals surface area contributed by atoms with Crippen molar-refractivity contribution in [3.05, 3.63) is 17.8 Å². The smallest absolute Gasteiger partial charge is 0.181 e. The Hall–Kier alpha value is -0.870. The van der Waals surface area contributed by atoms with Gasteiger partial charge in [0.1, 0.15) is 11.5 Å². The summed E-state index contributed by atoms with van der Waals surface area (Å²) in [7, 11) is 0. The first-order chi connectivity index (χ1) is 6.79. The molecule has 2 heterocycles. The summed E-state index contributed by atoms with van der Waals surface area (Å²) in [5.41, 5.74) is 1.01. The molecule has 4 heteroatoms. The van der Waals surface area contributed by atoms with E-state index in [9.17, 15) is 0 Å². The maximum absolute atomic E-state index is 5.99. The van der Waals surface area contributed by atoms with Crippen LogP contribution in [0.1, 0.15) is 43.2 Å². The highest BCUT2D eigenvalue weighted by molar-refractivity contribution is 5.10. The third-order valence-electron chi connectivity index (χ3n) is 2.89. The van der Waals surface area contributed by atoms with E-state index in [0.29, 0.717) is 0 Å². The number of hydrogen-bond donors (Lipinski definition) is 1. The van der Waals surface area contributed by atoms with Crippen LogP contribution >= 0.6 is 0 Å². The second-order valence-electron chi connectivity index (χ2n) is 3.90. The van der Waals surface area contributed by atoms with Gasteiger partial charge in [0.2, 0.25) is 0 Å². The van der Waals surface area contributed by atoms with Gasteiger partial charge in [-0.2, -0.15) is 0 Å². The number of oxazole rings is 1. The zero-order valence-corrected chi connectivity index (χ0v) is 8.57. The van der Waals surface area contributed by atoms with Crippen LogP contribution in [-0.2, 0) is 0 Å². The minimum absolute atomic E-state index is 0.247. The van der Waals surface area contributed by atoms with Gasteiger partial charge < -0.3 is 4.42 Å². The van der Waals surface area contributed by atoms with Gasteiger partial charge in [-0.1, -0.05) is 12.8 Å². The molecule has 0 radical (unpaired) electrons. The lowest BCUT2D eigenvalue weighted by molar-refractivity contribution is 0.201. The van der Waals surface area contributed by atoms with Gasteiger partial charge in [-0.25, -0.2) is 9.99 Å². The van der Waals surface area contributed by atoms with E-state index in [1.807, 2.05) is 11.9 Å². The van der Waals surface area contributed by atoms with Crippen molar-refractivity contribution in [1.29, 1.82) is 0 Å². The summed E-state index contributed by atoms with van der Waals surface area (Å²) >= 11 is 0. The van der Waals surface area contributed by atoms with Gasteiger partial charge in [0, 0.05) is 6.54 Å². The van der Waals surface area contributed by atoms with E-state index in [2.05, 4.69) is 4.98 Å². The maximum atomic E-state index is 5.99. The lowest BCUT2D eigenvalue weighted by Crippen LogP contribution is -2.35. The molecule has 0 amide bonds. The van der Waals surface area contributed by atoms with Crippen LogP contribution in [0.25, 0.3) is 0 Å². The number of aromatic nitrogens is 1. The molecule has 78 valence electrons. The van der Waals surface area contributed by atoms with Crippen LogP contribution in [0.3, 0.4) is 0 Å². The van der Waals surface area contributed by atoms with Crippen LogP contribution in [0.15, 0.2) is 10.8 Å². The van der Waals surface area contributed by atoms with Crippen molar-refractivity contribution in [2.24, 2.45) is 5.84 Å². The zero-order valence-electron chi connectivity index (χ0n) is 8.57. The van der Waals surface area contributed by atoms with Crippen LogP contribution in [0.2, 0.25) is 0 Å². The van der Waals surface area contributed by atoms with E-state index >= 15 is 0 Å². The third-order valence-corrected chi connectivity index (χ3v) is 2.89. The molecule has 14 heavy (non-hydrogen) atoms. The quantitative estimate of drug-likeness (QED) is 0.694. The second kappa shape index (κ2) is 4.11. The molecule has 1 atom stereocenters. The fraction of sp³-hybridized carbons (Fsp3) is 0.700. The summed E-state index contributed by atoms with van der Waals surface area (Å²) < 4.78 is 5.21. The van der Waals surface area contributed by atoms with Crippen LogP contribution < -0.4 is 5.84 Å². The SMILES string of the molecule is Cc1ocnc1C1CCCCCN1N. The largest absolute Gasteiger partial charge is 0.448 e. The van der Waals surface area contributed by atoms with Crippen LogP contribution in [0, 0.1) is 6.92 Å². The lowest BCUT2D eigenvalue weighted by Gasteiger charge is -2.23. The van der Waals surface area contributed by atoms with Crippen molar-refractivity contribution in [3.8, 4) is 0 Å². The Morgan fingerprint density at radius 3 is 3.07 bits per heavy atom. The monoisotopic (exact) mass is 195 g/mol. The molecule has 1 fully saturated rings. The first-order valence-electron chi connectivity index (χ1n) is 5.20. The molecular formula is C10H17N3O. The fourth-order valence-corrected chi connectivity index (χ4v) is 2.06. The van der Waals surface area contributed by atoms with E-state index in [-0.39, 0.29) is 6.04 Å². The van der Waals surface area contributed by atoms with Gasteiger partial charge in [0.15, 0.2) is 6.39 Å². The molecule has 0 bridgehead atoms. The van der Waals surface area contributed by atoms with Crippen molar-refractivity contribution in [1.82, 2.24) is 9.99 Å². The molecule has 1 aliphatic heterocycles. The first-order valence-corrected chi connectivity index (χ1v) is 5.20. The number of nitrogens with two attached hydrogens (primary N) is 1. The maximum Gasteiger partial charge on any atom is 0.181 e. The minimum Gasteiger partial charge on any atom is -0.448 e. The summed E-state index contributed by atoms with van der Waals surface area (Å²) in [6, 6.07) is 0.247. The van der Waals surface area contributed by atoms with E-state index in [4.69, 9.17) is 10.3 Å².